The van der Waals surface area contributed by atoms with Gasteiger partial charge in [-0.05, 0) is 18.2 Å². The second-order valence-electron chi connectivity index (χ2n) is 5.99. The minimum absolute atomic E-state index is 0.377. The lowest BCUT2D eigenvalue weighted by atomic mass is 10.0. The number of imidazole rings is 1. The Morgan fingerprint density at radius 1 is 0.867 bits per heavy atom. The monoisotopic (exact) mass is 448 g/mol. The van der Waals surface area contributed by atoms with E-state index in [0.717, 1.165) is 6.07 Å². The van der Waals surface area contributed by atoms with Crippen molar-refractivity contribution < 1.29 is 48.7 Å². The van der Waals surface area contributed by atoms with Crippen molar-refractivity contribution in [1.29, 1.82) is 0 Å². The molecule has 0 radical (unpaired) electrons. The van der Waals surface area contributed by atoms with Gasteiger partial charge >= 0.3 is 24.2 Å². The molecule has 3 aromatic heterocycles. The lowest BCUT2D eigenvalue weighted by Gasteiger charge is -2.24. The highest BCUT2D eigenvalue weighted by molar-refractivity contribution is 5.92. The molecule has 3 aromatic rings. The maximum absolute atomic E-state index is 14.0. The number of primary amides is 1. The highest BCUT2D eigenvalue weighted by atomic mass is 19.4. The summed E-state index contributed by atoms with van der Waals surface area (Å²) < 4.78 is 133. The zero-order valence-corrected chi connectivity index (χ0v) is 13.9. The zero-order chi connectivity index (χ0) is 22.9. The Balaban J connectivity index is 2.50. The molecule has 3 rings (SSSR count). The van der Waals surface area contributed by atoms with E-state index in [1.54, 1.807) is 0 Å². The van der Waals surface area contributed by atoms with E-state index >= 15 is 0 Å². The summed E-state index contributed by atoms with van der Waals surface area (Å²) in [5.41, 5.74) is -1.71. The van der Waals surface area contributed by atoms with Gasteiger partial charge in [0.05, 0.1) is 0 Å². The van der Waals surface area contributed by atoms with Crippen LogP contribution in [-0.2, 0) is 11.8 Å². The van der Waals surface area contributed by atoms with Gasteiger partial charge in [-0.2, -0.15) is 43.9 Å². The third-order valence-corrected chi connectivity index (χ3v) is 4.02. The summed E-state index contributed by atoms with van der Waals surface area (Å²) in [6.45, 7) is 0. The minimum Gasteiger partial charge on any atom is -0.364 e. The van der Waals surface area contributed by atoms with Gasteiger partial charge in [0.15, 0.2) is 0 Å². The van der Waals surface area contributed by atoms with Gasteiger partial charge < -0.3 is 5.73 Å². The van der Waals surface area contributed by atoms with Crippen LogP contribution >= 0.6 is 0 Å². The number of amides is 1. The predicted octanol–water partition coefficient (Wildman–Crippen LogP) is 4.29. The molecule has 30 heavy (non-hydrogen) atoms. The Bertz CT molecular complexity index is 1160. The number of carbonyl (C=O) groups excluding carboxylic acids is 1. The molecule has 3 heterocycles. The molecule has 0 atom stereocenters. The fourth-order valence-corrected chi connectivity index (χ4v) is 2.57. The van der Waals surface area contributed by atoms with Crippen molar-refractivity contribution in [3.63, 3.8) is 0 Å². The van der Waals surface area contributed by atoms with Crippen molar-refractivity contribution in [3.8, 4) is 0 Å². The molecule has 0 unspecified atom stereocenters. The van der Waals surface area contributed by atoms with Crippen LogP contribution in [0.4, 0.5) is 43.9 Å². The average molecular weight is 448 g/mol. The third kappa shape index (κ3) is 3.08. The maximum Gasteiger partial charge on any atom is 0.459 e. The third-order valence-electron chi connectivity index (χ3n) is 4.02. The van der Waals surface area contributed by atoms with Crippen LogP contribution < -0.4 is 5.73 Å². The molecule has 0 bridgehead atoms. The highest BCUT2D eigenvalue weighted by Crippen LogP contribution is 2.49. The molecule has 2 N–H and O–H groups in total. The molecule has 0 saturated carbocycles. The van der Waals surface area contributed by atoms with Gasteiger partial charge in [-0.3, -0.25) is 9.20 Å². The normalized spacial score (nSPS) is 13.9. The van der Waals surface area contributed by atoms with Crippen molar-refractivity contribution in [2.45, 2.75) is 24.2 Å². The number of halogens is 10. The van der Waals surface area contributed by atoms with Crippen molar-refractivity contribution in [1.82, 2.24) is 14.4 Å². The number of carbonyl (C=O) groups is 1. The standard InChI is InChI=1S/C15H6F10N4O/c16-12(17,14(20,21)22)6-3-8(13(18,19)15(23,24)25)28-11-5(6)1-2-9-27-7(10(26)30)4-29(9)11/h1-4H,(H2,26,30). The van der Waals surface area contributed by atoms with Crippen molar-refractivity contribution >= 4 is 22.6 Å². The van der Waals surface area contributed by atoms with Gasteiger partial charge in [-0.1, -0.05) is 0 Å². The Morgan fingerprint density at radius 3 is 1.93 bits per heavy atom. The quantitative estimate of drug-likeness (QED) is 0.608. The van der Waals surface area contributed by atoms with Crippen LogP contribution in [0.15, 0.2) is 24.4 Å². The molecule has 0 spiro atoms. The first-order valence-electron chi connectivity index (χ1n) is 7.51. The van der Waals surface area contributed by atoms with Crippen molar-refractivity contribution in [2.75, 3.05) is 0 Å². The number of nitrogens with zero attached hydrogens (tertiary/aromatic N) is 3. The zero-order valence-electron chi connectivity index (χ0n) is 13.9. The number of rotatable bonds is 3. The van der Waals surface area contributed by atoms with E-state index in [9.17, 15) is 48.7 Å². The van der Waals surface area contributed by atoms with E-state index < -0.39 is 64.2 Å². The molecule has 5 nitrogen and oxygen atoms in total. The molecule has 0 aliphatic carbocycles. The van der Waals surface area contributed by atoms with Crippen LogP contribution in [-0.4, -0.2) is 32.6 Å². The van der Waals surface area contributed by atoms with E-state index in [1.165, 1.54) is 0 Å². The lowest BCUT2D eigenvalue weighted by molar-refractivity contribution is -0.293. The molecule has 1 amide bonds. The van der Waals surface area contributed by atoms with Crippen LogP contribution in [0.5, 0.6) is 0 Å². The van der Waals surface area contributed by atoms with Gasteiger partial charge in [-0.25, -0.2) is 9.97 Å². The number of aromatic nitrogens is 3. The molecule has 162 valence electrons. The first kappa shape index (κ1) is 21.6. The summed E-state index contributed by atoms with van der Waals surface area (Å²) in [6, 6.07) is 0.745. The van der Waals surface area contributed by atoms with E-state index in [4.69, 9.17) is 5.73 Å². The smallest absolute Gasteiger partial charge is 0.364 e. The summed E-state index contributed by atoms with van der Waals surface area (Å²) in [5.74, 6) is -12.9. The Hall–Kier alpha value is -3.13. The number of hydrogen-bond donors (Lipinski definition) is 1. The molecular weight excluding hydrogens is 442 g/mol. The number of fused-ring (bicyclic) bond motifs is 3. The Kier molecular flexibility index (Phi) is 4.45. The fourth-order valence-electron chi connectivity index (χ4n) is 2.57. The lowest BCUT2D eigenvalue weighted by Crippen LogP contribution is -2.37. The van der Waals surface area contributed by atoms with Gasteiger partial charge in [0.25, 0.3) is 5.91 Å². The second-order valence-corrected chi connectivity index (χ2v) is 5.99. The van der Waals surface area contributed by atoms with Crippen LogP contribution in [0.25, 0.3) is 16.7 Å². The fraction of sp³-hybridized carbons (Fsp3) is 0.267. The Labute approximate surface area is 158 Å². The van der Waals surface area contributed by atoms with Gasteiger partial charge in [-0.15, -0.1) is 0 Å². The highest BCUT2D eigenvalue weighted by Gasteiger charge is 2.63. The molecule has 0 aromatic carbocycles. The largest absolute Gasteiger partial charge is 0.459 e. The van der Waals surface area contributed by atoms with Crippen LogP contribution in [0.3, 0.4) is 0 Å². The molecule has 0 aliphatic heterocycles. The predicted molar refractivity (Wildman–Crippen MR) is 78.9 cm³/mol. The average Bonchev–Trinajstić information content (AvgIpc) is 3.03. The van der Waals surface area contributed by atoms with E-state index in [2.05, 4.69) is 9.97 Å². The minimum atomic E-state index is -6.35. The molecule has 0 aliphatic rings. The first-order valence-corrected chi connectivity index (χ1v) is 7.51. The second kappa shape index (κ2) is 6.18. The summed E-state index contributed by atoms with van der Waals surface area (Å²) in [5, 5.41) is -1.10. The molecule has 0 saturated heterocycles. The number of pyridine rings is 2. The first-order chi connectivity index (χ1) is 13.5. The number of nitrogens with two attached hydrogens (primary N) is 1. The maximum atomic E-state index is 14.0. The van der Waals surface area contributed by atoms with Crippen molar-refractivity contribution in [3.05, 3.63) is 41.3 Å². The SMILES string of the molecule is NC(=O)c1cn2c(ccc3c(C(F)(F)C(F)(F)F)cc(C(F)(F)C(F)(F)F)nc32)n1. The van der Waals surface area contributed by atoms with Crippen LogP contribution in [0.1, 0.15) is 21.7 Å². The van der Waals surface area contributed by atoms with Gasteiger partial charge in [0, 0.05) is 17.1 Å². The molecular formula is C15H6F10N4O. The number of alkyl halides is 10. The van der Waals surface area contributed by atoms with Gasteiger partial charge in [0.1, 0.15) is 22.7 Å². The van der Waals surface area contributed by atoms with E-state index in [-0.39, 0.29) is 5.65 Å². The topological polar surface area (TPSA) is 73.3 Å². The summed E-state index contributed by atoms with van der Waals surface area (Å²) in [7, 11) is 0. The molecule has 0 fully saturated rings. The summed E-state index contributed by atoms with van der Waals surface area (Å²) in [4.78, 5) is 17.8. The van der Waals surface area contributed by atoms with Crippen LogP contribution in [0.2, 0.25) is 0 Å². The van der Waals surface area contributed by atoms with Crippen molar-refractivity contribution in [2.24, 2.45) is 5.73 Å². The summed E-state index contributed by atoms with van der Waals surface area (Å²) >= 11 is 0. The number of hydrogen-bond acceptors (Lipinski definition) is 3. The Morgan fingerprint density at radius 2 is 1.43 bits per heavy atom. The summed E-state index contributed by atoms with van der Waals surface area (Å²) in [6.07, 6.45) is -12.0. The van der Waals surface area contributed by atoms with Crippen LogP contribution in [0, 0.1) is 0 Å². The molecule has 15 heteroatoms. The van der Waals surface area contributed by atoms with E-state index in [1.807, 2.05) is 0 Å². The van der Waals surface area contributed by atoms with Gasteiger partial charge in [0.2, 0.25) is 0 Å². The van der Waals surface area contributed by atoms with E-state index in [0.29, 0.717) is 16.7 Å².